The lowest BCUT2D eigenvalue weighted by atomic mass is 10.1. The van der Waals surface area contributed by atoms with Crippen LogP contribution in [0.25, 0.3) is 0 Å². The average Bonchev–Trinajstić information content (AvgIpc) is 2.70. The number of hydrogen-bond acceptors (Lipinski definition) is 3. The molecule has 0 radical (unpaired) electrons. The van der Waals surface area contributed by atoms with Gasteiger partial charge < -0.3 is 20.4 Å². The zero-order valence-electron chi connectivity index (χ0n) is 11.5. The van der Waals surface area contributed by atoms with Gasteiger partial charge in [0.25, 0.3) is 0 Å². The fourth-order valence-electron chi connectivity index (χ4n) is 2.59. The molecule has 1 heterocycles. The number of carbonyl (C=O) groups excluding carboxylic acids is 1. The number of rotatable bonds is 2. The number of amides is 2. The van der Waals surface area contributed by atoms with Crippen molar-refractivity contribution in [1.82, 2.24) is 4.90 Å². The molecule has 6 nitrogen and oxygen atoms in total. The van der Waals surface area contributed by atoms with Gasteiger partial charge in [-0.15, -0.1) is 0 Å². The van der Waals surface area contributed by atoms with Crippen LogP contribution in [0.15, 0.2) is 18.2 Å². The molecule has 1 aliphatic heterocycles. The largest absolute Gasteiger partial charge is 0.508 e. The minimum Gasteiger partial charge on any atom is -0.508 e. The normalized spacial score (nSPS) is 21.8. The minimum atomic E-state index is -1.20. The van der Waals surface area contributed by atoms with E-state index >= 15 is 0 Å². The number of hydrogen-bond donors (Lipinski definition) is 3. The molecular formula is C14H18N2O4. The number of benzene rings is 1. The summed E-state index contributed by atoms with van der Waals surface area (Å²) in [5.74, 6) is -0.905. The van der Waals surface area contributed by atoms with Crippen LogP contribution in [-0.2, 0) is 0 Å². The molecule has 0 spiro atoms. The van der Waals surface area contributed by atoms with E-state index in [1.165, 1.54) is 12.1 Å². The van der Waals surface area contributed by atoms with Gasteiger partial charge >= 0.3 is 12.0 Å². The molecule has 0 saturated carbocycles. The molecule has 6 heteroatoms. The number of phenolic OH excluding ortho intramolecular Hbond substituents is 1. The van der Waals surface area contributed by atoms with Crippen LogP contribution in [-0.4, -0.2) is 39.7 Å². The van der Waals surface area contributed by atoms with Gasteiger partial charge in [0.15, 0.2) is 0 Å². The third-order valence-electron chi connectivity index (χ3n) is 3.52. The maximum Gasteiger partial charge on any atom is 0.337 e. The van der Waals surface area contributed by atoms with Crippen molar-refractivity contribution >= 4 is 17.7 Å². The fourth-order valence-corrected chi connectivity index (χ4v) is 2.59. The Kier molecular flexibility index (Phi) is 3.83. The number of urea groups is 1. The summed E-state index contributed by atoms with van der Waals surface area (Å²) < 4.78 is 0. The van der Waals surface area contributed by atoms with Crippen molar-refractivity contribution in [3.63, 3.8) is 0 Å². The van der Waals surface area contributed by atoms with Gasteiger partial charge in [0.05, 0.1) is 11.3 Å². The van der Waals surface area contributed by atoms with E-state index in [1.54, 1.807) is 4.90 Å². The zero-order chi connectivity index (χ0) is 14.9. The quantitative estimate of drug-likeness (QED) is 0.724. The minimum absolute atomic E-state index is 0.127. The Labute approximate surface area is 117 Å². The average molecular weight is 278 g/mol. The molecule has 2 amide bonds. The molecule has 3 N–H and O–H groups in total. The van der Waals surface area contributed by atoms with Crippen molar-refractivity contribution in [2.45, 2.75) is 26.3 Å². The standard InChI is InChI=1S/C14H18N2O4/c1-8-5-9(2)16(7-8)14(20)15-12-4-3-10(17)6-11(12)13(18)19/h3-4,6,8-9,17H,5,7H2,1-2H3,(H,15,20)(H,18,19). The lowest BCUT2D eigenvalue weighted by molar-refractivity contribution is 0.0697. The summed E-state index contributed by atoms with van der Waals surface area (Å²) >= 11 is 0. The van der Waals surface area contributed by atoms with Gasteiger partial charge in [-0.3, -0.25) is 0 Å². The number of carbonyl (C=O) groups is 2. The zero-order valence-corrected chi connectivity index (χ0v) is 11.5. The first-order valence-corrected chi connectivity index (χ1v) is 6.52. The highest BCUT2D eigenvalue weighted by molar-refractivity contribution is 6.00. The number of nitrogens with one attached hydrogen (secondary N) is 1. The summed E-state index contributed by atoms with van der Waals surface area (Å²) in [4.78, 5) is 25.0. The van der Waals surface area contributed by atoms with Crippen LogP contribution < -0.4 is 5.32 Å². The van der Waals surface area contributed by atoms with E-state index in [-0.39, 0.29) is 29.1 Å². The molecule has 1 saturated heterocycles. The van der Waals surface area contributed by atoms with Crippen LogP contribution in [0.3, 0.4) is 0 Å². The molecule has 1 aromatic carbocycles. The van der Waals surface area contributed by atoms with E-state index in [4.69, 9.17) is 5.11 Å². The highest BCUT2D eigenvalue weighted by Gasteiger charge is 2.30. The Morgan fingerprint density at radius 2 is 2.05 bits per heavy atom. The third-order valence-corrected chi connectivity index (χ3v) is 3.52. The second kappa shape index (κ2) is 5.40. The monoisotopic (exact) mass is 278 g/mol. The van der Waals surface area contributed by atoms with E-state index in [2.05, 4.69) is 12.2 Å². The Bertz CT molecular complexity index is 544. The summed E-state index contributed by atoms with van der Waals surface area (Å²) in [6, 6.07) is 3.68. The number of likely N-dealkylation sites (tertiary alicyclic amines) is 1. The summed E-state index contributed by atoms with van der Waals surface area (Å²) in [5, 5.41) is 21.0. The number of phenols is 1. The Morgan fingerprint density at radius 1 is 1.35 bits per heavy atom. The SMILES string of the molecule is CC1CC(C)N(C(=O)Nc2ccc(O)cc2C(=O)O)C1. The number of aromatic carboxylic acids is 1. The second-order valence-electron chi connectivity index (χ2n) is 5.31. The number of nitrogens with zero attached hydrogens (tertiary/aromatic N) is 1. The maximum absolute atomic E-state index is 12.2. The van der Waals surface area contributed by atoms with Crippen LogP contribution in [0.4, 0.5) is 10.5 Å². The lowest BCUT2D eigenvalue weighted by Gasteiger charge is -2.22. The summed E-state index contributed by atoms with van der Waals surface area (Å²) in [5.41, 5.74) is 0.0605. The Morgan fingerprint density at radius 3 is 2.60 bits per heavy atom. The lowest BCUT2D eigenvalue weighted by Crippen LogP contribution is -2.37. The van der Waals surface area contributed by atoms with Crippen molar-refractivity contribution < 1.29 is 19.8 Å². The molecule has 0 aromatic heterocycles. The van der Waals surface area contributed by atoms with Gasteiger partial charge in [0.1, 0.15) is 5.75 Å². The first kappa shape index (κ1) is 14.2. The van der Waals surface area contributed by atoms with Crippen LogP contribution in [0.1, 0.15) is 30.6 Å². The highest BCUT2D eigenvalue weighted by Crippen LogP contribution is 2.25. The van der Waals surface area contributed by atoms with Gasteiger partial charge in [-0.2, -0.15) is 0 Å². The van der Waals surface area contributed by atoms with E-state index in [1.807, 2.05) is 6.92 Å². The molecule has 1 fully saturated rings. The molecular weight excluding hydrogens is 260 g/mol. The van der Waals surface area contributed by atoms with Crippen LogP contribution >= 0.6 is 0 Å². The molecule has 1 aliphatic rings. The van der Waals surface area contributed by atoms with Crippen molar-refractivity contribution in [2.75, 3.05) is 11.9 Å². The van der Waals surface area contributed by atoms with Crippen molar-refractivity contribution in [2.24, 2.45) is 5.92 Å². The topological polar surface area (TPSA) is 89.9 Å². The predicted molar refractivity (Wildman–Crippen MR) is 74.0 cm³/mol. The first-order chi connectivity index (χ1) is 9.38. The van der Waals surface area contributed by atoms with E-state index < -0.39 is 5.97 Å². The third kappa shape index (κ3) is 2.84. The summed E-state index contributed by atoms with van der Waals surface area (Å²) in [6.07, 6.45) is 0.939. The second-order valence-corrected chi connectivity index (χ2v) is 5.31. The smallest absolute Gasteiger partial charge is 0.337 e. The molecule has 108 valence electrons. The van der Waals surface area contributed by atoms with Crippen molar-refractivity contribution in [3.05, 3.63) is 23.8 Å². The van der Waals surface area contributed by atoms with Gasteiger partial charge in [0, 0.05) is 12.6 Å². The van der Waals surface area contributed by atoms with Gasteiger partial charge in [-0.25, -0.2) is 9.59 Å². The van der Waals surface area contributed by atoms with E-state index in [0.717, 1.165) is 12.5 Å². The van der Waals surface area contributed by atoms with E-state index in [0.29, 0.717) is 12.5 Å². The summed E-state index contributed by atoms with van der Waals surface area (Å²) in [7, 11) is 0. The van der Waals surface area contributed by atoms with Crippen molar-refractivity contribution in [1.29, 1.82) is 0 Å². The Balaban J connectivity index is 2.18. The van der Waals surface area contributed by atoms with Gasteiger partial charge in [0.2, 0.25) is 0 Å². The molecule has 1 aromatic rings. The molecule has 20 heavy (non-hydrogen) atoms. The van der Waals surface area contributed by atoms with Gasteiger partial charge in [-0.05, 0) is 37.5 Å². The number of anilines is 1. The Hall–Kier alpha value is -2.24. The van der Waals surface area contributed by atoms with Gasteiger partial charge in [-0.1, -0.05) is 6.92 Å². The molecule has 2 rings (SSSR count). The predicted octanol–water partition coefficient (Wildman–Crippen LogP) is 2.35. The molecule has 2 atom stereocenters. The summed E-state index contributed by atoms with van der Waals surface area (Å²) in [6.45, 7) is 4.71. The number of aromatic hydroxyl groups is 1. The van der Waals surface area contributed by atoms with Crippen molar-refractivity contribution in [3.8, 4) is 5.75 Å². The molecule has 0 bridgehead atoms. The molecule has 0 aliphatic carbocycles. The first-order valence-electron chi connectivity index (χ1n) is 6.52. The fraction of sp³-hybridized carbons (Fsp3) is 0.429. The number of carboxylic acids is 1. The molecule has 2 unspecified atom stereocenters. The highest BCUT2D eigenvalue weighted by atomic mass is 16.4. The number of carboxylic acid groups (broad SMARTS) is 1. The van der Waals surface area contributed by atoms with Crippen LogP contribution in [0.5, 0.6) is 5.75 Å². The van der Waals surface area contributed by atoms with Crippen LogP contribution in [0.2, 0.25) is 0 Å². The maximum atomic E-state index is 12.2. The van der Waals surface area contributed by atoms with Crippen LogP contribution in [0, 0.1) is 5.92 Å². The van der Waals surface area contributed by atoms with E-state index in [9.17, 15) is 14.7 Å².